The van der Waals surface area contributed by atoms with Gasteiger partial charge in [-0.15, -0.1) is 24.0 Å². The summed E-state index contributed by atoms with van der Waals surface area (Å²) < 4.78 is 0. The van der Waals surface area contributed by atoms with Crippen molar-refractivity contribution in [2.45, 2.75) is 58.3 Å². The van der Waals surface area contributed by atoms with E-state index in [0.717, 1.165) is 19.0 Å². The Morgan fingerprint density at radius 1 is 1.12 bits per heavy atom. The van der Waals surface area contributed by atoms with Crippen LogP contribution in [0.3, 0.4) is 0 Å². The summed E-state index contributed by atoms with van der Waals surface area (Å²) in [7, 11) is 2.24. The first-order chi connectivity index (χ1) is 11.2. The summed E-state index contributed by atoms with van der Waals surface area (Å²) in [5.74, 6) is 1.93. The summed E-state index contributed by atoms with van der Waals surface area (Å²) in [5, 5.41) is 3.56. The molecule has 0 aromatic carbocycles. The first-order valence-corrected chi connectivity index (χ1v) is 9.93. The van der Waals surface area contributed by atoms with E-state index in [1.54, 1.807) is 0 Å². The molecule has 1 unspecified atom stereocenters. The van der Waals surface area contributed by atoms with Crippen molar-refractivity contribution in [1.29, 1.82) is 0 Å². The van der Waals surface area contributed by atoms with E-state index >= 15 is 0 Å². The van der Waals surface area contributed by atoms with E-state index in [1.165, 1.54) is 83.5 Å². The van der Waals surface area contributed by atoms with Gasteiger partial charge in [0.1, 0.15) is 0 Å². The Kier molecular flexibility index (Phi) is 8.11. The Labute approximate surface area is 165 Å². The molecular weight excluding hydrogens is 411 g/mol. The lowest BCUT2D eigenvalue weighted by molar-refractivity contribution is 0.202. The summed E-state index contributed by atoms with van der Waals surface area (Å²) in [6, 6.07) is 0. The van der Waals surface area contributed by atoms with Crippen LogP contribution in [0.4, 0.5) is 0 Å². The van der Waals surface area contributed by atoms with Gasteiger partial charge >= 0.3 is 0 Å². The van der Waals surface area contributed by atoms with Crippen molar-refractivity contribution >= 4 is 29.9 Å². The van der Waals surface area contributed by atoms with Gasteiger partial charge in [0.25, 0.3) is 0 Å². The third-order valence-electron chi connectivity index (χ3n) is 6.21. The molecule has 0 radical (unpaired) electrons. The lowest BCUT2D eigenvalue weighted by Crippen LogP contribution is -2.42. The first-order valence-electron chi connectivity index (χ1n) is 9.93. The van der Waals surface area contributed by atoms with Crippen LogP contribution in [0.25, 0.3) is 0 Å². The molecule has 2 aliphatic heterocycles. The fourth-order valence-corrected chi connectivity index (χ4v) is 4.89. The molecule has 3 aliphatic rings. The maximum Gasteiger partial charge on any atom is 0.193 e. The van der Waals surface area contributed by atoms with E-state index in [4.69, 9.17) is 4.99 Å². The second-order valence-electron chi connectivity index (χ2n) is 8.20. The molecule has 4 nitrogen and oxygen atoms in total. The summed E-state index contributed by atoms with van der Waals surface area (Å²) in [4.78, 5) is 10.1. The lowest BCUT2D eigenvalue weighted by Gasteiger charge is -2.34. The largest absolute Gasteiger partial charge is 0.357 e. The molecule has 1 spiro atoms. The molecule has 0 aromatic rings. The van der Waals surface area contributed by atoms with E-state index in [1.807, 2.05) is 0 Å². The SMILES string of the molecule is CCNC(=NCC1CCCN(C)C1)N1CCC2(CCCCC2)C1.I. The smallest absolute Gasteiger partial charge is 0.193 e. The van der Waals surface area contributed by atoms with Crippen LogP contribution in [-0.4, -0.2) is 62.1 Å². The minimum Gasteiger partial charge on any atom is -0.357 e. The number of hydrogen-bond acceptors (Lipinski definition) is 2. The zero-order valence-electron chi connectivity index (χ0n) is 15.7. The van der Waals surface area contributed by atoms with Crippen molar-refractivity contribution in [3.8, 4) is 0 Å². The van der Waals surface area contributed by atoms with Crippen LogP contribution < -0.4 is 5.32 Å². The van der Waals surface area contributed by atoms with E-state index < -0.39 is 0 Å². The van der Waals surface area contributed by atoms with Crippen molar-refractivity contribution in [3.63, 3.8) is 0 Å². The van der Waals surface area contributed by atoms with Gasteiger partial charge in [0.15, 0.2) is 5.96 Å². The fourth-order valence-electron chi connectivity index (χ4n) is 4.89. The second-order valence-corrected chi connectivity index (χ2v) is 8.20. The molecule has 0 aromatic heterocycles. The Morgan fingerprint density at radius 3 is 2.62 bits per heavy atom. The number of aliphatic imine (C=N–C) groups is 1. The molecule has 3 fully saturated rings. The number of nitrogens with one attached hydrogen (secondary N) is 1. The number of likely N-dealkylation sites (tertiary alicyclic amines) is 2. The molecule has 1 saturated carbocycles. The maximum atomic E-state index is 5.04. The summed E-state index contributed by atoms with van der Waals surface area (Å²) in [6.45, 7) is 9.08. The normalized spacial score (nSPS) is 28.0. The molecule has 5 heteroatoms. The molecule has 1 aliphatic carbocycles. The van der Waals surface area contributed by atoms with Gasteiger partial charge < -0.3 is 15.1 Å². The molecule has 0 bridgehead atoms. The van der Waals surface area contributed by atoms with Gasteiger partial charge in [0.2, 0.25) is 0 Å². The van der Waals surface area contributed by atoms with Crippen molar-refractivity contribution in [3.05, 3.63) is 0 Å². The summed E-state index contributed by atoms with van der Waals surface area (Å²) in [6.07, 6.45) is 11.3. The average Bonchev–Trinajstić information content (AvgIpc) is 2.95. The Balaban J connectivity index is 0.00000208. The lowest BCUT2D eigenvalue weighted by atomic mass is 9.73. The first kappa shape index (κ1) is 20.3. The van der Waals surface area contributed by atoms with Crippen molar-refractivity contribution in [1.82, 2.24) is 15.1 Å². The van der Waals surface area contributed by atoms with Crippen LogP contribution in [0.1, 0.15) is 58.3 Å². The van der Waals surface area contributed by atoms with Crippen molar-refractivity contribution in [2.75, 3.05) is 46.3 Å². The predicted octanol–water partition coefficient (Wildman–Crippen LogP) is 3.57. The van der Waals surface area contributed by atoms with Crippen LogP contribution >= 0.6 is 24.0 Å². The molecule has 1 N–H and O–H groups in total. The summed E-state index contributed by atoms with van der Waals surface area (Å²) >= 11 is 0. The Morgan fingerprint density at radius 2 is 1.92 bits per heavy atom. The standard InChI is InChI=1S/C19H36N4.HI/c1-3-20-18(21-14-17-8-7-12-22(2)15-17)23-13-11-19(16-23)9-5-4-6-10-19;/h17H,3-16H2,1-2H3,(H,20,21);1H. The number of piperidine rings is 1. The highest BCUT2D eigenvalue weighted by atomic mass is 127. The second kappa shape index (κ2) is 9.60. The van der Waals surface area contributed by atoms with Gasteiger partial charge in [0.05, 0.1) is 0 Å². The molecular formula is C19H37IN4. The molecule has 2 heterocycles. The van der Waals surface area contributed by atoms with Crippen LogP contribution in [0.2, 0.25) is 0 Å². The minimum absolute atomic E-state index is 0. The number of guanidine groups is 1. The third-order valence-corrected chi connectivity index (χ3v) is 6.21. The molecule has 3 rings (SSSR count). The van der Waals surface area contributed by atoms with Crippen LogP contribution in [0.5, 0.6) is 0 Å². The van der Waals surface area contributed by atoms with Crippen LogP contribution in [0, 0.1) is 11.3 Å². The summed E-state index contributed by atoms with van der Waals surface area (Å²) in [5.41, 5.74) is 0.611. The molecule has 0 amide bonds. The quantitative estimate of drug-likeness (QED) is 0.407. The van der Waals surface area contributed by atoms with Crippen LogP contribution in [0.15, 0.2) is 4.99 Å². The molecule has 1 atom stereocenters. The number of nitrogens with zero attached hydrogens (tertiary/aromatic N) is 3. The third kappa shape index (κ3) is 5.23. The van der Waals surface area contributed by atoms with Gasteiger partial charge in [0, 0.05) is 32.7 Å². The molecule has 140 valence electrons. The maximum absolute atomic E-state index is 5.04. The highest BCUT2D eigenvalue weighted by molar-refractivity contribution is 14.0. The monoisotopic (exact) mass is 448 g/mol. The molecule has 24 heavy (non-hydrogen) atoms. The number of halogens is 1. The average molecular weight is 448 g/mol. The van der Waals surface area contributed by atoms with Gasteiger partial charge in [-0.05, 0) is 64.0 Å². The van der Waals surface area contributed by atoms with E-state index in [2.05, 4.69) is 29.1 Å². The topological polar surface area (TPSA) is 30.9 Å². The highest BCUT2D eigenvalue weighted by Crippen LogP contribution is 2.43. The minimum atomic E-state index is 0. The number of rotatable bonds is 3. The van der Waals surface area contributed by atoms with Crippen LogP contribution in [-0.2, 0) is 0 Å². The predicted molar refractivity (Wildman–Crippen MR) is 113 cm³/mol. The molecule has 2 saturated heterocycles. The van der Waals surface area contributed by atoms with Gasteiger partial charge in [-0.3, -0.25) is 4.99 Å². The van der Waals surface area contributed by atoms with Gasteiger partial charge in [-0.1, -0.05) is 19.3 Å². The van der Waals surface area contributed by atoms with Crippen molar-refractivity contribution < 1.29 is 0 Å². The van der Waals surface area contributed by atoms with E-state index in [-0.39, 0.29) is 24.0 Å². The van der Waals surface area contributed by atoms with E-state index in [9.17, 15) is 0 Å². The zero-order chi connectivity index (χ0) is 16.1. The van der Waals surface area contributed by atoms with Gasteiger partial charge in [-0.25, -0.2) is 0 Å². The zero-order valence-corrected chi connectivity index (χ0v) is 18.1. The Bertz CT molecular complexity index is 406. The van der Waals surface area contributed by atoms with E-state index in [0.29, 0.717) is 5.41 Å². The van der Waals surface area contributed by atoms with Gasteiger partial charge in [-0.2, -0.15) is 0 Å². The fraction of sp³-hybridized carbons (Fsp3) is 0.947. The highest BCUT2D eigenvalue weighted by Gasteiger charge is 2.39. The van der Waals surface area contributed by atoms with Crippen molar-refractivity contribution in [2.24, 2.45) is 16.3 Å². The number of hydrogen-bond donors (Lipinski definition) is 1. The Hall–Kier alpha value is -0.0400.